The molecule has 3 rings (SSSR count). The SMILES string of the molecule is O=C(CN1C(=O)c2ccccc2C1=O)NCCN1CCOC1=O. The molecule has 1 aromatic rings. The molecule has 1 fully saturated rings. The zero-order chi connectivity index (χ0) is 16.4. The lowest BCUT2D eigenvalue weighted by molar-refractivity contribution is -0.121. The van der Waals surface area contributed by atoms with E-state index in [1.54, 1.807) is 24.3 Å². The third-order valence-electron chi connectivity index (χ3n) is 3.73. The number of carbonyl (C=O) groups is 4. The van der Waals surface area contributed by atoms with Gasteiger partial charge in [0.05, 0.1) is 17.7 Å². The molecule has 2 aliphatic heterocycles. The van der Waals surface area contributed by atoms with Gasteiger partial charge in [-0.05, 0) is 12.1 Å². The van der Waals surface area contributed by atoms with Crippen LogP contribution in [0.4, 0.5) is 4.79 Å². The molecule has 0 aliphatic carbocycles. The molecule has 1 N–H and O–H groups in total. The van der Waals surface area contributed by atoms with E-state index in [1.807, 2.05) is 0 Å². The highest BCUT2D eigenvalue weighted by molar-refractivity contribution is 6.22. The Hall–Kier alpha value is -2.90. The molecule has 0 unspecified atom stereocenters. The molecule has 8 heteroatoms. The summed E-state index contributed by atoms with van der Waals surface area (Å²) in [5.74, 6) is -1.39. The van der Waals surface area contributed by atoms with Crippen LogP contribution in [-0.2, 0) is 9.53 Å². The van der Waals surface area contributed by atoms with Gasteiger partial charge in [0, 0.05) is 13.1 Å². The number of hydrogen-bond donors (Lipinski definition) is 1. The summed E-state index contributed by atoms with van der Waals surface area (Å²) in [4.78, 5) is 49.8. The van der Waals surface area contributed by atoms with Crippen LogP contribution in [0.2, 0.25) is 0 Å². The molecule has 8 nitrogen and oxygen atoms in total. The third kappa shape index (κ3) is 2.87. The van der Waals surface area contributed by atoms with E-state index >= 15 is 0 Å². The molecular weight excluding hydrogens is 302 g/mol. The summed E-state index contributed by atoms with van der Waals surface area (Å²) in [6, 6.07) is 6.46. The molecule has 23 heavy (non-hydrogen) atoms. The first-order valence-corrected chi connectivity index (χ1v) is 7.21. The van der Waals surface area contributed by atoms with E-state index < -0.39 is 23.8 Å². The molecule has 0 spiro atoms. The van der Waals surface area contributed by atoms with Crippen LogP contribution in [0.5, 0.6) is 0 Å². The monoisotopic (exact) mass is 317 g/mol. The Labute approximate surface area is 132 Å². The summed E-state index contributed by atoms with van der Waals surface area (Å²) in [5.41, 5.74) is 0.621. The number of cyclic esters (lactones) is 1. The number of nitrogens with zero attached hydrogens (tertiary/aromatic N) is 2. The highest BCUT2D eigenvalue weighted by Crippen LogP contribution is 2.21. The fraction of sp³-hybridized carbons (Fsp3) is 0.333. The summed E-state index contributed by atoms with van der Waals surface area (Å²) in [6.45, 7) is 1.06. The Balaban J connectivity index is 1.52. The van der Waals surface area contributed by atoms with Crippen molar-refractivity contribution in [1.29, 1.82) is 0 Å². The van der Waals surface area contributed by atoms with Gasteiger partial charge >= 0.3 is 6.09 Å². The fourth-order valence-electron chi connectivity index (χ4n) is 2.54. The maximum absolute atomic E-state index is 12.1. The Bertz CT molecular complexity index is 652. The lowest BCUT2D eigenvalue weighted by Crippen LogP contribution is -2.42. The van der Waals surface area contributed by atoms with Crippen LogP contribution in [0.3, 0.4) is 0 Å². The van der Waals surface area contributed by atoms with Gasteiger partial charge < -0.3 is 15.0 Å². The minimum Gasteiger partial charge on any atom is -0.448 e. The van der Waals surface area contributed by atoms with E-state index in [0.29, 0.717) is 30.8 Å². The summed E-state index contributed by atoms with van der Waals surface area (Å²) in [5, 5.41) is 2.59. The quantitative estimate of drug-likeness (QED) is 0.762. The predicted octanol–water partition coefficient (Wildman–Crippen LogP) is -0.149. The standard InChI is InChI=1S/C15H15N3O5/c19-12(16-5-6-17-7-8-23-15(17)22)9-18-13(20)10-3-1-2-4-11(10)14(18)21/h1-4H,5-9H2,(H,16,19). The molecular formula is C15H15N3O5. The number of nitrogens with one attached hydrogen (secondary N) is 1. The highest BCUT2D eigenvalue weighted by atomic mass is 16.6. The van der Waals surface area contributed by atoms with Crippen molar-refractivity contribution in [2.24, 2.45) is 0 Å². The van der Waals surface area contributed by atoms with Crippen molar-refractivity contribution < 1.29 is 23.9 Å². The predicted molar refractivity (Wildman–Crippen MR) is 77.7 cm³/mol. The second kappa shape index (κ2) is 6.07. The molecule has 4 amide bonds. The molecule has 2 heterocycles. The summed E-state index contributed by atoms with van der Waals surface area (Å²) in [6.07, 6.45) is -0.403. The third-order valence-corrected chi connectivity index (χ3v) is 3.73. The molecule has 1 saturated heterocycles. The number of hydrogen-bond acceptors (Lipinski definition) is 5. The second-order valence-corrected chi connectivity index (χ2v) is 5.19. The average molecular weight is 317 g/mol. The van der Waals surface area contributed by atoms with Crippen LogP contribution in [0.15, 0.2) is 24.3 Å². The van der Waals surface area contributed by atoms with E-state index in [1.165, 1.54) is 4.90 Å². The number of ether oxygens (including phenoxy) is 1. The zero-order valence-corrected chi connectivity index (χ0v) is 12.3. The van der Waals surface area contributed by atoms with Gasteiger partial charge in [-0.25, -0.2) is 4.79 Å². The van der Waals surface area contributed by atoms with Crippen LogP contribution in [0.25, 0.3) is 0 Å². The van der Waals surface area contributed by atoms with Crippen molar-refractivity contribution in [3.05, 3.63) is 35.4 Å². The molecule has 0 aromatic heterocycles. The smallest absolute Gasteiger partial charge is 0.409 e. The van der Waals surface area contributed by atoms with Gasteiger partial charge in [-0.2, -0.15) is 0 Å². The van der Waals surface area contributed by atoms with Crippen LogP contribution in [0.1, 0.15) is 20.7 Å². The lowest BCUT2D eigenvalue weighted by Gasteiger charge is -2.15. The highest BCUT2D eigenvalue weighted by Gasteiger charge is 2.36. The molecule has 0 atom stereocenters. The minimum absolute atomic E-state index is 0.233. The molecule has 0 bridgehead atoms. The van der Waals surface area contributed by atoms with E-state index in [4.69, 9.17) is 4.74 Å². The van der Waals surface area contributed by atoms with Gasteiger partial charge in [-0.3, -0.25) is 19.3 Å². The summed E-state index contributed by atoms with van der Waals surface area (Å²) < 4.78 is 4.77. The maximum Gasteiger partial charge on any atom is 0.409 e. The van der Waals surface area contributed by atoms with E-state index in [9.17, 15) is 19.2 Å². The maximum atomic E-state index is 12.1. The van der Waals surface area contributed by atoms with Crippen LogP contribution >= 0.6 is 0 Å². The zero-order valence-electron chi connectivity index (χ0n) is 12.3. The lowest BCUT2D eigenvalue weighted by atomic mass is 10.1. The van der Waals surface area contributed by atoms with Crippen molar-refractivity contribution in [1.82, 2.24) is 15.1 Å². The topological polar surface area (TPSA) is 96.0 Å². The van der Waals surface area contributed by atoms with Crippen molar-refractivity contribution >= 4 is 23.8 Å². The van der Waals surface area contributed by atoms with Gasteiger partial charge in [0.15, 0.2) is 0 Å². The fourth-order valence-corrected chi connectivity index (χ4v) is 2.54. The Morgan fingerprint density at radius 2 is 1.78 bits per heavy atom. The molecule has 1 aromatic carbocycles. The number of carbonyl (C=O) groups excluding carboxylic acids is 4. The average Bonchev–Trinajstić information content (AvgIpc) is 3.05. The van der Waals surface area contributed by atoms with Gasteiger partial charge in [0.1, 0.15) is 13.2 Å². The Morgan fingerprint density at radius 3 is 2.35 bits per heavy atom. The first-order chi connectivity index (χ1) is 11.1. The van der Waals surface area contributed by atoms with E-state index in [2.05, 4.69) is 5.32 Å². The number of benzene rings is 1. The first-order valence-electron chi connectivity index (χ1n) is 7.21. The number of amides is 4. The van der Waals surface area contributed by atoms with Crippen molar-refractivity contribution in [2.75, 3.05) is 32.8 Å². The number of imide groups is 1. The van der Waals surface area contributed by atoms with Gasteiger partial charge in [-0.1, -0.05) is 12.1 Å². The van der Waals surface area contributed by atoms with E-state index in [-0.39, 0.29) is 13.1 Å². The summed E-state index contributed by atoms with van der Waals surface area (Å²) in [7, 11) is 0. The van der Waals surface area contributed by atoms with Gasteiger partial charge in [0.2, 0.25) is 5.91 Å². The van der Waals surface area contributed by atoms with Crippen molar-refractivity contribution in [2.45, 2.75) is 0 Å². The minimum atomic E-state index is -0.469. The normalized spacial score (nSPS) is 16.6. The molecule has 2 aliphatic rings. The first kappa shape index (κ1) is 15.0. The van der Waals surface area contributed by atoms with Crippen molar-refractivity contribution in [3.8, 4) is 0 Å². The molecule has 0 radical (unpaired) electrons. The number of rotatable bonds is 5. The van der Waals surface area contributed by atoms with Crippen LogP contribution in [-0.4, -0.2) is 66.4 Å². The largest absolute Gasteiger partial charge is 0.448 e. The van der Waals surface area contributed by atoms with Crippen LogP contribution < -0.4 is 5.32 Å². The van der Waals surface area contributed by atoms with Gasteiger partial charge in [-0.15, -0.1) is 0 Å². The van der Waals surface area contributed by atoms with Crippen LogP contribution in [0, 0.1) is 0 Å². The van der Waals surface area contributed by atoms with E-state index in [0.717, 1.165) is 4.90 Å². The molecule has 120 valence electrons. The second-order valence-electron chi connectivity index (χ2n) is 5.19. The molecule has 0 saturated carbocycles. The Morgan fingerprint density at radius 1 is 1.13 bits per heavy atom. The van der Waals surface area contributed by atoms with Crippen molar-refractivity contribution in [3.63, 3.8) is 0 Å². The number of fused-ring (bicyclic) bond motifs is 1. The summed E-state index contributed by atoms with van der Waals surface area (Å²) >= 11 is 0. The Kier molecular flexibility index (Phi) is 3.96. The van der Waals surface area contributed by atoms with Gasteiger partial charge in [0.25, 0.3) is 11.8 Å².